The lowest BCUT2D eigenvalue weighted by atomic mass is 10.4. The third-order valence-corrected chi connectivity index (χ3v) is 1.27. The second-order valence-electron chi connectivity index (χ2n) is 2.64. The third-order valence-electron chi connectivity index (χ3n) is 1.27. The van der Waals surface area contributed by atoms with E-state index < -0.39 is 31.1 Å². The van der Waals surface area contributed by atoms with Gasteiger partial charge in [0.1, 0.15) is 13.2 Å². The molecule has 0 aliphatic heterocycles. The van der Waals surface area contributed by atoms with Crippen molar-refractivity contribution in [2.45, 2.75) is 6.42 Å². The number of carboxylic acid groups (broad SMARTS) is 1. The zero-order valence-electron chi connectivity index (χ0n) is 8.49. The van der Waals surface area contributed by atoms with Crippen LogP contribution in [0.25, 0.3) is 0 Å². The van der Waals surface area contributed by atoms with Gasteiger partial charge in [0.25, 0.3) is 5.91 Å². The van der Waals surface area contributed by atoms with Gasteiger partial charge in [0.2, 0.25) is 0 Å². The fourth-order valence-corrected chi connectivity index (χ4v) is 0.686. The Bertz CT molecular complexity index is 308. The molecule has 7 nitrogen and oxygen atoms in total. The summed E-state index contributed by atoms with van der Waals surface area (Å²) in [6.45, 7) is -0.827. The number of nitrogens with one attached hydrogen (secondary N) is 2. The molecule has 0 unspecified atom stereocenters. The van der Waals surface area contributed by atoms with Crippen LogP contribution in [0.1, 0.15) is 6.42 Å². The minimum absolute atomic E-state index is 0.256. The molecule has 3 amide bonds. The molecule has 0 aromatic rings. The van der Waals surface area contributed by atoms with E-state index >= 15 is 0 Å². The Morgan fingerprint density at radius 2 is 2.00 bits per heavy atom. The lowest BCUT2D eigenvalue weighted by Crippen LogP contribution is -2.41. The topological polar surface area (TPSA) is 105 Å². The monoisotopic (exact) mass is 228 g/mol. The molecule has 0 bridgehead atoms. The second kappa shape index (κ2) is 8.26. The Hall–Kier alpha value is -2.07. The Kier molecular flexibility index (Phi) is 7.19. The van der Waals surface area contributed by atoms with Crippen LogP contribution in [0.2, 0.25) is 0 Å². The molecule has 0 fully saturated rings. The lowest BCUT2D eigenvalue weighted by Gasteiger charge is -2.04. The first-order valence-corrected chi connectivity index (χ1v) is 4.37. The summed E-state index contributed by atoms with van der Waals surface area (Å²) in [5.41, 5.74) is 0. The maximum Gasteiger partial charge on any atom is 0.329 e. The zero-order chi connectivity index (χ0) is 12.4. The predicted molar refractivity (Wildman–Crippen MR) is 53.4 cm³/mol. The highest BCUT2D eigenvalue weighted by Crippen LogP contribution is 1.77. The standard InChI is InChI=1S/C9H12N2O5/c1-2-3-4-10-9(15)11-7(12)5-16-6-8(13)14/h1H,3-6H2,(H,13,14)(H2,10,11,12,15). The number of carbonyl (C=O) groups is 3. The Morgan fingerprint density at radius 3 is 2.56 bits per heavy atom. The van der Waals surface area contributed by atoms with Crippen LogP contribution in [0.4, 0.5) is 4.79 Å². The number of rotatable bonds is 6. The summed E-state index contributed by atoms with van der Waals surface area (Å²) in [6.07, 6.45) is 5.30. The Balaban J connectivity index is 3.59. The van der Waals surface area contributed by atoms with Crippen LogP contribution in [-0.2, 0) is 14.3 Å². The molecule has 3 N–H and O–H groups in total. The average molecular weight is 228 g/mol. The molecule has 0 aliphatic carbocycles. The average Bonchev–Trinajstić information content (AvgIpc) is 2.17. The first-order valence-electron chi connectivity index (χ1n) is 4.37. The number of carbonyl (C=O) groups excluding carboxylic acids is 2. The van der Waals surface area contributed by atoms with Gasteiger partial charge in [-0.2, -0.15) is 0 Å². The highest BCUT2D eigenvalue weighted by atomic mass is 16.5. The van der Waals surface area contributed by atoms with E-state index in [2.05, 4.69) is 16.0 Å². The summed E-state index contributed by atoms with van der Waals surface area (Å²) in [5.74, 6) is 0.394. The van der Waals surface area contributed by atoms with Gasteiger partial charge < -0.3 is 15.2 Å². The molecule has 0 aromatic heterocycles. The fraction of sp³-hybridized carbons (Fsp3) is 0.444. The number of imide groups is 1. The van der Waals surface area contributed by atoms with E-state index in [1.54, 1.807) is 0 Å². The first kappa shape index (κ1) is 13.9. The number of hydrogen-bond acceptors (Lipinski definition) is 4. The minimum atomic E-state index is -1.19. The van der Waals surface area contributed by atoms with Crippen LogP contribution in [0.3, 0.4) is 0 Å². The number of urea groups is 1. The van der Waals surface area contributed by atoms with Gasteiger partial charge in [-0.15, -0.1) is 12.3 Å². The van der Waals surface area contributed by atoms with Gasteiger partial charge in [0.05, 0.1) is 0 Å². The van der Waals surface area contributed by atoms with Crippen LogP contribution in [0.15, 0.2) is 0 Å². The molecule has 0 heterocycles. The molecule has 0 aliphatic rings. The van der Waals surface area contributed by atoms with Crippen LogP contribution in [0.5, 0.6) is 0 Å². The number of ether oxygens (including phenoxy) is 1. The summed E-state index contributed by atoms with van der Waals surface area (Å²) in [7, 11) is 0. The zero-order valence-corrected chi connectivity index (χ0v) is 8.49. The van der Waals surface area contributed by atoms with Gasteiger partial charge >= 0.3 is 12.0 Å². The summed E-state index contributed by atoms with van der Waals surface area (Å²) in [5, 5.41) is 12.5. The van der Waals surface area contributed by atoms with Gasteiger partial charge in [0.15, 0.2) is 0 Å². The van der Waals surface area contributed by atoms with Crippen LogP contribution < -0.4 is 10.6 Å². The third kappa shape index (κ3) is 8.52. The molecule has 0 saturated carbocycles. The number of hydrogen-bond donors (Lipinski definition) is 3. The summed E-state index contributed by atoms with van der Waals surface area (Å²) in [4.78, 5) is 31.9. The normalized spacial score (nSPS) is 8.94. The Labute approximate surface area is 92.2 Å². The van der Waals surface area contributed by atoms with Crippen molar-refractivity contribution in [3.8, 4) is 12.3 Å². The summed E-state index contributed by atoms with van der Waals surface area (Å²) >= 11 is 0. The number of aliphatic carboxylic acids is 1. The lowest BCUT2D eigenvalue weighted by molar-refractivity contribution is -0.143. The van der Waals surface area contributed by atoms with Crippen molar-refractivity contribution in [1.29, 1.82) is 0 Å². The number of terminal acetylenes is 1. The molecule has 0 atom stereocenters. The highest BCUT2D eigenvalue weighted by molar-refractivity contribution is 5.94. The van der Waals surface area contributed by atoms with E-state index in [1.807, 2.05) is 5.32 Å². The van der Waals surface area contributed by atoms with Crippen molar-refractivity contribution in [2.75, 3.05) is 19.8 Å². The SMILES string of the molecule is C#CCCNC(=O)NC(=O)COCC(=O)O. The summed E-state index contributed by atoms with van der Waals surface area (Å²) in [6, 6.07) is -0.695. The van der Waals surface area contributed by atoms with E-state index in [0.717, 1.165) is 0 Å². The van der Waals surface area contributed by atoms with E-state index in [9.17, 15) is 14.4 Å². The van der Waals surface area contributed by atoms with Crippen LogP contribution >= 0.6 is 0 Å². The molecule has 0 radical (unpaired) electrons. The minimum Gasteiger partial charge on any atom is -0.480 e. The largest absolute Gasteiger partial charge is 0.480 e. The molecule has 0 saturated heterocycles. The molecule has 0 aromatic carbocycles. The van der Waals surface area contributed by atoms with Crippen molar-refractivity contribution in [3.05, 3.63) is 0 Å². The van der Waals surface area contributed by atoms with Crippen molar-refractivity contribution >= 4 is 17.9 Å². The van der Waals surface area contributed by atoms with Crippen molar-refractivity contribution in [2.24, 2.45) is 0 Å². The van der Waals surface area contributed by atoms with Gasteiger partial charge in [-0.25, -0.2) is 9.59 Å². The predicted octanol–water partition coefficient (Wildman–Crippen LogP) is -1.06. The quantitative estimate of drug-likeness (QED) is 0.397. The van der Waals surface area contributed by atoms with Gasteiger partial charge in [0, 0.05) is 13.0 Å². The van der Waals surface area contributed by atoms with E-state index in [1.165, 1.54) is 0 Å². The molecule has 0 spiro atoms. The molecular formula is C9H12N2O5. The fourth-order valence-electron chi connectivity index (χ4n) is 0.686. The van der Waals surface area contributed by atoms with Crippen molar-refractivity contribution in [3.63, 3.8) is 0 Å². The number of amides is 3. The van der Waals surface area contributed by atoms with Crippen molar-refractivity contribution < 1.29 is 24.2 Å². The molecule has 7 heteroatoms. The van der Waals surface area contributed by atoms with Crippen LogP contribution in [0, 0.1) is 12.3 Å². The maximum atomic E-state index is 10.9. The smallest absolute Gasteiger partial charge is 0.329 e. The van der Waals surface area contributed by atoms with E-state index in [0.29, 0.717) is 6.42 Å². The molecule has 88 valence electrons. The number of carboxylic acids is 1. The summed E-state index contributed by atoms with van der Waals surface area (Å²) < 4.78 is 4.46. The molecule has 16 heavy (non-hydrogen) atoms. The van der Waals surface area contributed by atoms with Crippen LogP contribution in [-0.4, -0.2) is 42.8 Å². The van der Waals surface area contributed by atoms with E-state index in [4.69, 9.17) is 11.5 Å². The first-order chi connectivity index (χ1) is 7.56. The maximum absolute atomic E-state index is 10.9. The van der Waals surface area contributed by atoms with Gasteiger partial charge in [-0.05, 0) is 0 Å². The van der Waals surface area contributed by atoms with Gasteiger partial charge in [-0.1, -0.05) is 0 Å². The van der Waals surface area contributed by atoms with E-state index in [-0.39, 0.29) is 6.54 Å². The Morgan fingerprint density at radius 1 is 1.31 bits per heavy atom. The highest BCUT2D eigenvalue weighted by Gasteiger charge is 2.07. The van der Waals surface area contributed by atoms with Gasteiger partial charge in [-0.3, -0.25) is 10.1 Å². The molecule has 0 rings (SSSR count). The molecular weight excluding hydrogens is 216 g/mol. The second-order valence-corrected chi connectivity index (χ2v) is 2.64. The van der Waals surface area contributed by atoms with Crippen molar-refractivity contribution in [1.82, 2.24) is 10.6 Å².